The van der Waals surface area contributed by atoms with Crippen LogP contribution in [0.5, 0.6) is 0 Å². The minimum atomic E-state index is -0.365. The second-order valence-corrected chi connectivity index (χ2v) is 6.05. The summed E-state index contributed by atoms with van der Waals surface area (Å²) in [7, 11) is 0. The normalized spacial score (nSPS) is 12.7. The van der Waals surface area contributed by atoms with Crippen molar-refractivity contribution in [2.45, 2.75) is 46.2 Å². The molecule has 4 nitrogen and oxygen atoms in total. The maximum atomic E-state index is 10.8. The molecular weight excluding hydrogens is 308 g/mol. The van der Waals surface area contributed by atoms with Gasteiger partial charge in [-0.25, -0.2) is 0 Å². The minimum absolute atomic E-state index is 0.120. The molecule has 1 atom stereocenters. The van der Waals surface area contributed by atoms with E-state index in [-0.39, 0.29) is 10.6 Å². The van der Waals surface area contributed by atoms with E-state index in [0.717, 1.165) is 12.0 Å². The van der Waals surface area contributed by atoms with Crippen molar-refractivity contribution >= 4 is 21.6 Å². The molecule has 0 aromatic heterocycles. The molecule has 0 amide bonds. The SMILES string of the molecule is CC(C)CCC(C)NCc1cccc([N+](=O)[O-])c1Br. The van der Waals surface area contributed by atoms with Gasteiger partial charge in [-0.1, -0.05) is 26.0 Å². The summed E-state index contributed by atoms with van der Waals surface area (Å²) in [6.45, 7) is 7.21. The minimum Gasteiger partial charge on any atom is -0.310 e. The molecule has 0 radical (unpaired) electrons. The van der Waals surface area contributed by atoms with Crippen LogP contribution >= 0.6 is 15.9 Å². The van der Waals surface area contributed by atoms with Crippen LogP contribution in [0, 0.1) is 16.0 Å². The molecule has 5 heteroatoms. The summed E-state index contributed by atoms with van der Waals surface area (Å²) < 4.78 is 0.573. The first-order chi connectivity index (χ1) is 8.91. The van der Waals surface area contributed by atoms with Gasteiger partial charge in [-0.2, -0.15) is 0 Å². The number of nitro groups is 1. The smallest absolute Gasteiger partial charge is 0.283 e. The van der Waals surface area contributed by atoms with Crippen LogP contribution in [-0.4, -0.2) is 11.0 Å². The number of nitro benzene ring substituents is 1. The van der Waals surface area contributed by atoms with E-state index in [2.05, 4.69) is 42.0 Å². The molecule has 1 rings (SSSR count). The second-order valence-electron chi connectivity index (χ2n) is 5.26. The Morgan fingerprint density at radius 1 is 1.32 bits per heavy atom. The van der Waals surface area contributed by atoms with Crippen molar-refractivity contribution in [2.24, 2.45) is 5.92 Å². The Balaban J connectivity index is 2.58. The standard InChI is InChI=1S/C14H21BrN2O2/c1-10(2)7-8-11(3)16-9-12-5-4-6-13(14(12)15)17(18)19/h4-6,10-11,16H,7-9H2,1-3H3. The zero-order chi connectivity index (χ0) is 14.4. The van der Waals surface area contributed by atoms with Gasteiger partial charge in [-0.3, -0.25) is 10.1 Å². The van der Waals surface area contributed by atoms with Crippen LogP contribution in [0.3, 0.4) is 0 Å². The second kappa shape index (κ2) is 7.60. The average Bonchev–Trinajstić information content (AvgIpc) is 2.34. The summed E-state index contributed by atoms with van der Waals surface area (Å²) in [5, 5.41) is 14.3. The third-order valence-electron chi connectivity index (χ3n) is 3.07. The van der Waals surface area contributed by atoms with Crippen LogP contribution in [0.2, 0.25) is 0 Å². The van der Waals surface area contributed by atoms with Crippen molar-refractivity contribution < 1.29 is 4.92 Å². The highest BCUT2D eigenvalue weighted by atomic mass is 79.9. The Labute approximate surface area is 122 Å². The van der Waals surface area contributed by atoms with Crippen LogP contribution in [-0.2, 0) is 6.54 Å². The zero-order valence-electron chi connectivity index (χ0n) is 11.6. The Morgan fingerprint density at radius 3 is 2.58 bits per heavy atom. The summed E-state index contributed by atoms with van der Waals surface area (Å²) in [6.07, 6.45) is 2.30. The molecule has 0 heterocycles. The van der Waals surface area contributed by atoms with Gasteiger partial charge in [0.2, 0.25) is 0 Å². The van der Waals surface area contributed by atoms with Gasteiger partial charge in [0.1, 0.15) is 0 Å². The highest BCUT2D eigenvalue weighted by Crippen LogP contribution is 2.28. The van der Waals surface area contributed by atoms with Crippen LogP contribution in [0.4, 0.5) is 5.69 Å². The van der Waals surface area contributed by atoms with Crippen LogP contribution in [0.25, 0.3) is 0 Å². The van der Waals surface area contributed by atoms with Gasteiger partial charge >= 0.3 is 0 Å². The fourth-order valence-corrected chi connectivity index (χ4v) is 2.36. The van der Waals surface area contributed by atoms with E-state index in [1.807, 2.05) is 6.07 Å². The number of hydrogen-bond acceptors (Lipinski definition) is 3. The van der Waals surface area contributed by atoms with E-state index >= 15 is 0 Å². The summed E-state index contributed by atoms with van der Waals surface area (Å²) in [5.74, 6) is 0.703. The summed E-state index contributed by atoms with van der Waals surface area (Å²) in [5.41, 5.74) is 1.04. The molecule has 0 saturated carbocycles. The molecular formula is C14H21BrN2O2. The van der Waals surface area contributed by atoms with Crippen molar-refractivity contribution in [3.63, 3.8) is 0 Å². The van der Waals surface area contributed by atoms with Crippen LogP contribution < -0.4 is 5.32 Å². The summed E-state index contributed by atoms with van der Waals surface area (Å²) in [6, 6.07) is 5.54. The van der Waals surface area contributed by atoms with Crippen molar-refractivity contribution in [2.75, 3.05) is 0 Å². The highest BCUT2D eigenvalue weighted by Gasteiger charge is 2.15. The maximum absolute atomic E-state index is 10.8. The molecule has 0 aliphatic carbocycles. The lowest BCUT2D eigenvalue weighted by Gasteiger charge is -2.15. The number of halogens is 1. The quantitative estimate of drug-likeness (QED) is 0.600. The molecule has 0 spiro atoms. The molecule has 0 saturated heterocycles. The van der Waals surface area contributed by atoms with E-state index in [4.69, 9.17) is 0 Å². The predicted octanol–water partition coefficient (Wildman–Crippen LogP) is 4.27. The van der Waals surface area contributed by atoms with E-state index in [1.165, 1.54) is 12.5 Å². The van der Waals surface area contributed by atoms with E-state index < -0.39 is 0 Å². The molecule has 1 aromatic rings. The van der Waals surface area contributed by atoms with Gasteiger partial charge in [-0.05, 0) is 47.2 Å². The Morgan fingerprint density at radius 2 is 2.00 bits per heavy atom. The number of hydrogen-bond donors (Lipinski definition) is 1. The first-order valence-electron chi connectivity index (χ1n) is 6.57. The number of benzene rings is 1. The largest absolute Gasteiger partial charge is 0.310 e. The third-order valence-corrected chi connectivity index (χ3v) is 3.99. The lowest BCUT2D eigenvalue weighted by atomic mass is 10.0. The molecule has 106 valence electrons. The van der Waals surface area contributed by atoms with Crippen molar-refractivity contribution in [3.8, 4) is 0 Å². The molecule has 0 aliphatic rings. The van der Waals surface area contributed by atoms with Gasteiger partial charge in [0, 0.05) is 18.7 Å². The Bertz CT molecular complexity index is 435. The van der Waals surface area contributed by atoms with E-state index in [1.54, 1.807) is 6.07 Å². The predicted molar refractivity (Wildman–Crippen MR) is 81.2 cm³/mol. The summed E-state index contributed by atoms with van der Waals surface area (Å²) >= 11 is 3.31. The van der Waals surface area contributed by atoms with Gasteiger partial charge < -0.3 is 5.32 Å². The first-order valence-corrected chi connectivity index (χ1v) is 7.36. The third kappa shape index (κ3) is 5.28. The van der Waals surface area contributed by atoms with E-state index in [9.17, 15) is 10.1 Å². The molecule has 0 bridgehead atoms. The van der Waals surface area contributed by atoms with Crippen molar-refractivity contribution in [1.82, 2.24) is 5.32 Å². The van der Waals surface area contributed by atoms with Gasteiger partial charge in [0.05, 0.1) is 9.40 Å². The summed E-state index contributed by atoms with van der Waals surface area (Å²) in [4.78, 5) is 10.5. The fraction of sp³-hybridized carbons (Fsp3) is 0.571. The van der Waals surface area contributed by atoms with Crippen LogP contribution in [0.1, 0.15) is 39.2 Å². The highest BCUT2D eigenvalue weighted by molar-refractivity contribution is 9.10. The topological polar surface area (TPSA) is 55.2 Å². The molecule has 1 unspecified atom stereocenters. The zero-order valence-corrected chi connectivity index (χ0v) is 13.2. The van der Waals surface area contributed by atoms with Crippen molar-refractivity contribution in [1.29, 1.82) is 0 Å². The van der Waals surface area contributed by atoms with Gasteiger partial charge in [0.25, 0.3) is 5.69 Å². The van der Waals surface area contributed by atoms with E-state index in [0.29, 0.717) is 23.0 Å². The average molecular weight is 329 g/mol. The Kier molecular flexibility index (Phi) is 6.45. The number of nitrogens with zero attached hydrogens (tertiary/aromatic N) is 1. The van der Waals surface area contributed by atoms with Gasteiger partial charge in [-0.15, -0.1) is 0 Å². The maximum Gasteiger partial charge on any atom is 0.283 e. The van der Waals surface area contributed by atoms with Gasteiger partial charge in [0.15, 0.2) is 0 Å². The Hall–Kier alpha value is -0.940. The lowest BCUT2D eigenvalue weighted by Crippen LogP contribution is -2.26. The van der Waals surface area contributed by atoms with Crippen molar-refractivity contribution in [3.05, 3.63) is 38.3 Å². The molecule has 0 aliphatic heterocycles. The molecule has 1 N–H and O–H groups in total. The molecule has 0 fully saturated rings. The first kappa shape index (κ1) is 16.1. The fourth-order valence-electron chi connectivity index (χ4n) is 1.81. The van der Waals surface area contributed by atoms with Crippen LogP contribution in [0.15, 0.2) is 22.7 Å². The number of rotatable bonds is 7. The monoisotopic (exact) mass is 328 g/mol. The molecule has 1 aromatic carbocycles. The lowest BCUT2D eigenvalue weighted by molar-refractivity contribution is -0.385. The molecule has 19 heavy (non-hydrogen) atoms. The number of nitrogens with one attached hydrogen (secondary N) is 1.